The molecule has 0 radical (unpaired) electrons. The second-order valence-corrected chi connectivity index (χ2v) is 22.3. The van der Waals surface area contributed by atoms with E-state index in [-0.39, 0.29) is 31.1 Å². The molecule has 0 aromatic heterocycles. The molecular weight excluding hydrogens is 865 g/mol. The third kappa shape index (κ3) is 55.7. The van der Waals surface area contributed by atoms with Crippen molar-refractivity contribution in [2.24, 2.45) is 5.92 Å². The summed E-state index contributed by atoms with van der Waals surface area (Å²) in [6.07, 6.45) is 65.2. The minimum Gasteiger partial charge on any atom is -0.462 e. The summed E-state index contributed by atoms with van der Waals surface area (Å²) < 4.78 is 16.9. The molecule has 6 heteroatoms. The van der Waals surface area contributed by atoms with Crippen molar-refractivity contribution < 1.29 is 28.6 Å². The van der Waals surface area contributed by atoms with E-state index in [2.05, 4.69) is 27.7 Å². The van der Waals surface area contributed by atoms with E-state index in [1.807, 2.05) is 0 Å². The summed E-state index contributed by atoms with van der Waals surface area (Å²) in [7, 11) is 0. The Kier molecular flexibility index (Phi) is 57.0. The van der Waals surface area contributed by atoms with Gasteiger partial charge >= 0.3 is 17.9 Å². The number of carbonyl (C=O) groups is 3. The molecule has 0 aliphatic heterocycles. The number of rotatable bonds is 59. The lowest BCUT2D eigenvalue weighted by Gasteiger charge is -2.18. The number of esters is 3. The fourth-order valence-electron chi connectivity index (χ4n) is 9.95. The van der Waals surface area contributed by atoms with Crippen LogP contribution in [0.5, 0.6) is 0 Å². The molecule has 0 rings (SSSR count). The van der Waals surface area contributed by atoms with Crippen LogP contribution in [-0.2, 0) is 28.6 Å². The zero-order chi connectivity index (χ0) is 50.9. The molecule has 0 heterocycles. The van der Waals surface area contributed by atoms with E-state index in [1.54, 1.807) is 0 Å². The van der Waals surface area contributed by atoms with Crippen molar-refractivity contribution in [2.45, 2.75) is 374 Å². The van der Waals surface area contributed by atoms with Gasteiger partial charge in [0.25, 0.3) is 0 Å². The monoisotopic (exact) mass is 989 g/mol. The van der Waals surface area contributed by atoms with Gasteiger partial charge in [-0.15, -0.1) is 0 Å². The van der Waals surface area contributed by atoms with Crippen molar-refractivity contribution in [1.82, 2.24) is 0 Å². The first kappa shape index (κ1) is 68.4. The van der Waals surface area contributed by atoms with E-state index in [0.29, 0.717) is 19.3 Å². The summed E-state index contributed by atoms with van der Waals surface area (Å²) in [4.78, 5) is 38.3. The highest BCUT2D eigenvalue weighted by Crippen LogP contribution is 2.19. The fourth-order valence-corrected chi connectivity index (χ4v) is 9.95. The highest BCUT2D eigenvalue weighted by Gasteiger charge is 2.19. The summed E-state index contributed by atoms with van der Waals surface area (Å²) in [5.74, 6) is 0.0825. The summed E-state index contributed by atoms with van der Waals surface area (Å²) in [6, 6.07) is 0. The average Bonchev–Trinajstić information content (AvgIpc) is 3.36. The Morgan fingerprint density at radius 3 is 0.743 bits per heavy atom. The van der Waals surface area contributed by atoms with Crippen LogP contribution in [0.25, 0.3) is 0 Å². The molecule has 0 aliphatic rings. The van der Waals surface area contributed by atoms with Crippen molar-refractivity contribution in [3.05, 3.63) is 0 Å². The molecular formula is C64H124O6. The summed E-state index contributed by atoms with van der Waals surface area (Å²) in [5, 5.41) is 0. The molecule has 0 aromatic rings. The zero-order valence-electron chi connectivity index (χ0n) is 48.0. The highest BCUT2D eigenvalue weighted by atomic mass is 16.6. The van der Waals surface area contributed by atoms with Crippen LogP contribution >= 0.6 is 0 Å². The molecule has 0 amide bonds. The van der Waals surface area contributed by atoms with Gasteiger partial charge in [-0.2, -0.15) is 0 Å². The largest absolute Gasteiger partial charge is 0.462 e. The molecule has 0 aromatic carbocycles. The van der Waals surface area contributed by atoms with Crippen LogP contribution in [0, 0.1) is 5.92 Å². The van der Waals surface area contributed by atoms with Gasteiger partial charge in [0.05, 0.1) is 0 Å². The van der Waals surface area contributed by atoms with E-state index in [1.165, 1.54) is 263 Å². The molecule has 0 fully saturated rings. The normalized spacial score (nSPS) is 12.3. The fraction of sp³-hybridized carbons (Fsp3) is 0.953. The van der Waals surface area contributed by atoms with Crippen LogP contribution in [0.1, 0.15) is 368 Å². The minimum absolute atomic E-state index is 0.0611. The van der Waals surface area contributed by atoms with Gasteiger partial charge in [-0.1, -0.05) is 329 Å². The standard InChI is InChI=1S/C64H124O6/c1-5-8-10-12-14-16-18-20-26-31-35-39-43-47-51-55-62(65)68-58-61(70-64(67)57-53-49-45-41-37-33-27-21-19-17-15-13-11-9-6-2)59-69-63(66)56-52-48-44-40-36-32-29-25-23-22-24-28-30-34-38-42-46-50-54-60(4)7-3/h60-61H,5-59H2,1-4H3/t60?,61-/m0/s1. The first-order valence-corrected chi connectivity index (χ1v) is 31.9. The van der Waals surface area contributed by atoms with Crippen molar-refractivity contribution in [3.8, 4) is 0 Å². The summed E-state index contributed by atoms with van der Waals surface area (Å²) in [5.41, 5.74) is 0. The molecule has 0 N–H and O–H groups in total. The van der Waals surface area contributed by atoms with Gasteiger partial charge in [0, 0.05) is 19.3 Å². The first-order valence-electron chi connectivity index (χ1n) is 31.9. The van der Waals surface area contributed by atoms with Crippen molar-refractivity contribution in [3.63, 3.8) is 0 Å². The van der Waals surface area contributed by atoms with E-state index < -0.39 is 6.10 Å². The number of carbonyl (C=O) groups excluding carboxylic acids is 3. The Morgan fingerprint density at radius 2 is 0.500 bits per heavy atom. The Balaban J connectivity index is 4.24. The molecule has 0 aliphatic carbocycles. The van der Waals surface area contributed by atoms with E-state index in [4.69, 9.17) is 14.2 Å². The maximum absolute atomic E-state index is 12.9. The second-order valence-electron chi connectivity index (χ2n) is 22.3. The molecule has 0 spiro atoms. The third-order valence-electron chi connectivity index (χ3n) is 15.2. The third-order valence-corrected chi connectivity index (χ3v) is 15.2. The zero-order valence-corrected chi connectivity index (χ0v) is 48.0. The predicted octanol–water partition coefficient (Wildman–Crippen LogP) is 21.4. The lowest BCUT2D eigenvalue weighted by atomic mass is 9.99. The van der Waals surface area contributed by atoms with Gasteiger partial charge in [0.2, 0.25) is 0 Å². The topological polar surface area (TPSA) is 78.9 Å². The van der Waals surface area contributed by atoms with Crippen LogP contribution < -0.4 is 0 Å². The van der Waals surface area contributed by atoms with Crippen LogP contribution in [0.15, 0.2) is 0 Å². The summed E-state index contributed by atoms with van der Waals surface area (Å²) >= 11 is 0. The van der Waals surface area contributed by atoms with Gasteiger partial charge in [-0.25, -0.2) is 0 Å². The smallest absolute Gasteiger partial charge is 0.306 e. The van der Waals surface area contributed by atoms with Crippen LogP contribution in [-0.4, -0.2) is 37.2 Å². The molecule has 70 heavy (non-hydrogen) atoms. The Hall–Kier alpha value is -1.59. The maximum atomic E-state index is 12.9. The molecule has 2 atom stereocenters. The lowest BCUT2D eigenvalue weighted by Crippen LogP contribution is -2.30. The van der Waals surface area contributed by atoms with Gasteiger partial charge in [-0.05, 0) is 25.2 Å². The average molecular weight is 990 g/mol. The maximum Gasteiger partial charge on any atom is 0.306 e. The molecule has 1 unspecified atom stereocenters. The van der Waals surface area contributed by atoms with Gasteiger partial charge in [-0.3, -0.25) is 14.4 Å². The molecule has 416 valence electrons. The van der Waals surface area contributed by atoms with E-state index in [0.717, 1.165) is 63.7 Å². The lowest BCUT2D eigenvalue weighted by molar-refractivity contribution is -0.167. The van der Waals surface area contributed by atoms with Crippen LogP contribution in [0.2, 0.25) is 0 Å². The van der Waals surface area contributed by atoms with Crippen molar-refractivity contribution in [2.75, 3.05) is 13.2 Å². The number of ether oxygens (including phenoxy) is 3. The molecule has 0 saturated carbocycles. The summed E-state index contributed by atoms with van der Waals surface area (Å²) in [6.45, 7) is 9.13. The Bertz CT molecular complexity index is 1060. The quantitative estimate of drug-likeness (QED) is 0.0343. The SMILES string of the molecule is CCCCCCCCCCCCCCCCCC(=O)OC[C@@H](COC(=O)CCCCCCCCCCCCCCCCCCCCC(C)CC)OC(=O)CCCCCCCCCCCCCCCCC. The van der Waals surface area contributed by atoms with Gasteiger partial charge in [0.15, 0.2) is 6.10 Å². The molecule has 0 bridgehead atoms. The van der Waals surface area contributed by atoms with Crippen molar-refractivity contribution in [1.29, 1.82) is 0 Å². The second kappa shape index (κ2) is 58.3. The molecule has 0 saturated heterocycles. The van der Waals surface area contributed by atoms with Gasteiger partial charge in [0.1, 0.15) is 13.2 Å². The van der Waals surface area contributed by atoms with Crippen LogP contribution in [0.4, 0.5) is 0 Å². The van der Waals surface area contributed by atoms with Gasteiger partial charge < -0.3 is 14.2 Å². The Morgan fingerprint density at radius 1 is 0.286 bits per heavy atom. The van der Waals surface area contributed by atoms with E-state index >= 15 is 0 Å². The van der Waals surface area contributed by atoms with E-state index in [9.17, 15) is 14.4 Å². The highest BCUT2D eigenvalue weighted by molar-refractivity contribution is 5.71. The number of unbranched alkanes of at least 4 members (excludes halogenated alkanes) is 45. The first-order chi connectivity index (χ1) is 34.4. The Labute approximate surface area is 438 Å². The predicted molar refractivity (Wildman–Crippen MR) is 303 cm³/mol. The molecule has 6 nitrogen and oxygen atoms in total. The number of hydrogen-bond donors (Lipinski definition) is 0. The van der Waals surface area contributed by atoms with Crippen molar-refractivity contribution >= 4 is 17.9 Å². The number of hydrogen-bond acceptors (Lipinski definition) is 6. The minimum atomic E-state index is -0.762. The van der Waals surface area contributed by atoms with Crippen LogP contribution in [0.3, 0.4) is 0 Å².